The molecule has 0 amide bonds. The van der Waals surface area contributed by atoms with Gasteiger partial charge in [0.25, 0.3) is 0 Å². The number of nitrogens with zero attached hydrogens (tertiary/aromatic N) is 3. The van der Waals surface area contributed by atoms with E-state index in [1.807, 2.05) is 0 Å². The second-order valence-corrected chi connectivity index (χ2v) is 5.51. The molecule has 4 heteroatoms. The first-order valence-corrected chi connectivity index (χ1v) is 8.77. The molecule has 0 bridgehead atoms. The second kappa shape index (κ2) is 27.9. The van der Waals surface area contributed by atoms with Crippen LogP contribution in [0.15, 0.2) is 12.1 Å². The maximum atomic E-state index is 3.50. The minimum atomic E-state index is 0. The molecule has 3 nitrogen and oxygen atoms in total. The molecule has 1 aromatic carbocycles. The van der Waals surface area contributed by atoms with Crippen LogP contribution in [-0.2, 0) is 45.1 Å². The van der Waals surface area contributed by atoms with Gasteiger partial charge in [-0.05, 0) is 0 Å². The number of hydrogen-bond donors (Lipinski definition) is 0. The van der Waals surface area contributed by atoms with Gasteiger partial charge in [0.2, 0.25) is 0 Å². The van der Waals surface area contributed by atoms with E-state index in [1.165, 1.54) is 38.5 Å². The molecule has 0 saturated carbocycles. The van der Waals surface area contributed by atoms with Crippen LogP contribution in [0.25, 0.3) is 16.0 Å². The van der Waals surface area contributed by atoms with Crippen molar-refractivity contribution in [2.75, 3.05) is 42.3 Å². The topological polar surface area (TPSA) is 42.3 Å². The van der Waals surface area contributed by atoms with Crippen LogP contribution in [0.1, 0.15) is 56.7 Å². The van der Waals surface area contributed by atoms with E-state index in [2.05, 4.69) is 48.9 Å². The molecule has 0 unspecified atom stereocenters. The molecule has 1 rings (SSSR count). The predicted octanol–water partition coefficient (Wildman–Crippen LogP) is 6.12. The van der Waals surface area contributed by atoms with Crippen molar-refractivity contribution >= 4 is 0 Å². The van der Waals surface area contributed by atoms with Gasteiger partial charge in [-0.2, -0.15) is 65.0 Å². The minimum Gasteiger partial charge on any atom is -0.668 e. The molecular weight excluding hydrogens is 461 g/mol. The standard InChI is InChI=1S/C14H23.3C2H6N.Hf/c1-4-7-12-10-13(8-5-2)14(11-12)9-6-3;3*1-3-2;/h10-11H,4-9H2,1-3H3;3*1-2H3;/q4*-1;+4. The summed E-state index contributed by atoms with van der Waals surface area (Å²) in [7, 11) is 10.5. The van der Waals surface area contributed by atoms with Gasteiger partial charge in [0, 0.05) is 0 Å². The van der Waals surface area contributed by atoms with E-state index >= 15 is 0 Å². The quantitative estimate of drug-likeness (QED) is 0.333. The Morgan fingerprint density at radius 2 is 1.17 bits per heavy atom. The molecule has 0 radical (unpaired) electrons. The maximum Gasteiger partial charge on any atom is 4.00 e. The third-order valence-electron chi connectivity index (χ3n) is 2.71. The Balaban J connectivity index is -0.000000169. The van der Waals surface area contributed by atoms with Gasteiger partial charge in [0.05, 0.1) is 0 Å². The largest absolute Gasteiger partial charge is 4.00 e. The summed E-state index contributed by atoms with van der Waals surface area (Å²) in [6.45, 7) is 6.79. The van der Waals surface area contributed by atoms with Crippen LogP contribution in [0.5, 0.6) is 0 Å². The molecule has 1 aromatic rings. The smallest absolute Gasteiger partial charge is 0.668 e. The van der Waals surface area contributed by atoms with E-state index in [0.29, 0.717) is 0 Å². The molecule has 0 aliphatic carbocycles. The average Bonchev–Trinajstić information content (AvgIpc) is 2.85. The summed E-state index contributed by atoms with van der Waals surface area (Å²) in [5.74, 6) is 0. The fourth-order valence-electron chi connectivity index (χ4n) is 2.11. The van der Waals surface area contributed by atoms with Crippen LogP contribution in [0.3, 0.4) is 0 Å². The summed E-state index contributed by atoms with van der Waals surface area (Å²) in [6.07, 6.45) is 7.58. The van der Waals surface area contributed by atoms with Gasteiger partial charge in [0.15, 0.2) is 0 Å². The van der Waals surface area contributed by atoms with E-state index in [0.717, 1.165) is 0 Å². The Hall–Kier alpha value is 0.100. The van der Waals surface area contributed by atoms with E-state index in [4.69, 9.17) is 0 Å². The minimum absolute atomic E-state index is 0. The zero-order valence-corrected chi connectivity index (χ0v) is 21.3. The first kappa shape index (κ1) is 31.8. The first-order chi connectivity index (χ1) is 11.1. The van der Waals surface area contributed by atoms with Crippen LogP contribution in [0, 0.1) is 0 Å². The summed E-state index contributed by atoms with van der Waals surface area (Å²) >= 11 is 0. The SMILES string of the molecule is CCCc1cc(CCC)[c-](CCC)c1.C[N-]C.C[N-]C.C[N-]C.[Hf+4]. The zero-order valence-electron chi connectivity index (χ0n) is 17.7. The van der Waals surface area contributed by atoms with Crippen LogP contribution in [0.2, 0.25) is 0 Å². The molecule has 0 aromatic heterocycles. The van der Waals surface area contributed by atoms with Gasteiger partial charge in [-0.1, -0.05) is 59.3 Å². The molecule has 0 fully saturated rings. The van der Waals surface area contributed by atoms with Crippen molar-refractivity contribution in [3.63, 3.8) is 0 Å². The summed E-state index contributed by atoms with van der Waals surface area (Å²) in [6, 6.07) is 4.86. The van der Waals surface area contributed by atoms with Crippen molar-refractivity contribution in [1.29, 1.82) is 0 Å². The van der Waals surface area contributed by atoms with Gasteiger partial charge >= 0.3 is 25.8 Å². The predicted molar refractivity (Wildman–Crippen MR) is 110 cm³/mol. The van der Waals surface area contributed by atoms with Crippen molar-refractivity contribution in [2.45, 2.75) is 59.3 Å². The summed E-state index contributed by atoms with van der Waals surface area (Å²) in [5, 5.41) is 10.5. The molecule has 24 heavy (non-hydrogen) atoms. The van der Waals surface area contributed by atoms with E-state index in [-0.39, 0.29) is 25.8 Å². The van der Waals surface area contributed by atoms with E-state index < -0.39 is 0 Å². The number of hydrogen-bond acceptors (Lipinski definition) is 0. The Kier molecular flexibility index (Phi) is 37.0. The summed E-state index contributed by atoms with van der Waals surface area (Å²) < 4.78 is 0. The van der Waals surface area contributed by atoms with Crippen LogP contribution in [0.4, 0.5) is 0 Å². The Bertz CT molecular complexity index is 284. The van der Waals surface area contributed by atoms with Crippen LogP contribution in [-0.4, -0.2) is 42.3 Å². The number of rotatable bonds is 6. The summed E-state index contributed by atoms with van der Waals surface area (Å²) in [4.78, 5) is 0. The average molecular weight is 502 g/mol. The fraction of sp³-hybridized carbons (Fsp3) is 0.750. The zero-order chi connectivity index (χ0) is 18.5. The normalized spacial score (nSPS) is 8.54. The van der Waals surface area contributed by atoms with Crippen molar-refractivity contribution in [3.8, 4) is 0 Å². The molecular formula is C20H41HfN3. The molecule has 0 atom stereocenters. The van der Waals surface area contributed by atoms with Crippen molar-refractivity contribution in [3.05, 3.63) is 44.8 Å². The molecule has 0 saturated heterocycles. The Labute approximate surface area is 171 Å². The van der Waals surface area contributed by atoms with E-state index in [1.54, 1.807) is 59.0 Å². The Morgan fingerprint density at radius 3 is 1.50 bits per heavy atom. The molecule has 0 N–H and O–H groups in total. The molecule has 0 spiro atoms. The van der Waals surface area contributed by atoms with Crippen molar-refractivity contribution < 1.29 is 25.8 Å². The van der Waals surface area contributed by atoms with E-state index in [9.17, 15) is 0 Å². The van der Waals surface area contributed by atoms with Gasteiger partial charge in [-0.25, -0.2) is 6.07 Å². The third-order valence-corrected chi connectivity index (χ3v) is 2.71. The van der Waals surface area contributed by atoms with Gasteiger partial charge in [-0.15, -0.1) is 0 Å². The maximum absolute atomic E-state index is 3.50. The first-order valence-electron chi connectivity index (χ1n) is 8.77. The van der Waals surface area contributed by atoms with Gasteiger partial charge in [0.1, 0.15) is 0 Å². The monoisotopic (exact) mass is 503 g/mol. The van der Waals surface area contributed by atoms with Gasteiger partial charge < -0.3 is 16.0 Å². The van der Waals surface area contributed by atoms with Gasteiger partial charge in [-0.3, -0.25) is 0 Å². The Morgan fingerprint density at radius 1 is 0.750 bits per heavy atom. The molecule has 0 heterocycles. The van der Waals surface area contributed by atoms with Crippen molar-refractivity contribution in [2.24, 2.45) is 0 Å². The third kappa shape index (κ3) is 22.1. The second-order valence-electron chi connectivity index (χ2n) is 5.51. The van der Waals surface area contributed by atoms with Crippen LogP contribution >= 0.6 is 0 Å². The molecule has 0 aliphatic rings. The van der Waals surface area contributed by atoms with Crippen molar-refractivity contribution in [1.82, 2.24) is 0 Å². The van der Waals surface area contributed by atoms with Crippen LogP contribution < -0.4 is 0 Å². The molecule has 0 aliphatic heterocycles. The number of aryl methyl sites for hydroxylation is 3. The molecule has 140 valence electrons. The summed E-state index contributed by atoms with van der Waals surface area (Å²) in [5.41, 5.74) is 4.77. The fourth-order valence-corrected chi connectivity index (χ4v) is 2.11.